The number of rotatable bonds is 5. The summed E-state index contributed by atoms with van der Waals surface area (Å²) in [5.74, 6) is -0.791. The third kappa shape index (κ3) is 3.85. The Morgan fingerprint density at radius 3 is 2.66 bits per heavy atom. The number of amides is 1. The van der Waals surface area contributed by atoms with Crippen LogP contribution in [0.4, 0.5) is 0 Å². The van der Waals surface area contributed by atoms with E-state index < -0.39 is 33.9 Å². The highest BCUT2D eigenvalue weighted by atomic mass is 32.2. The van der Waals surface area contributed by atoms with Gasteiger partial charge in [0.2, 0.25) is 0 Å². The zero-order chi connectivity index (χ0) is 20.9. The van der Waals surface area contributed by atoms with E-state index in [1.54, 1.807) is 13.0 Å². The van der Waals surface area contributed by atoms with Crippen LogP contribution in [0.15, 0.2) is 10.6 Å². The molecule has 0 spiro atoms. The summed E-state index contributed by atoms with van der Waals surface area (Å²) in [6, 6.07) is 1.29. The number of nitrogens with zero attached hydrogens (tertiary/aromatic N) is 3. The van der Waals surface area contributed by atoms with Crippen molar-refractivity contribution in [2.75, 3.05) is 18.6 Å². The van der Waals surface area contributed by atoms with Crippen LogP contribution in [0.2, 0.25) is 0 Å². The largest absolute Gasteiger partial charge is 0.449 e. The maximum absolute atomic E-state index is 12.9. The molecule has 0 aromatic carbocycles. The number of fused-ring (bicyclic) bond motifs is 1. The fraction of sp³-hybridized carbons (Fsp3) is 0.579. The van der Waals surface area contributed by atoms with Crippen LogP contribution >= 0.6 is 0 Å². The fourth-order valence-corrected chi connectivity index (χ4v) is 5.46. The van der Waals surface area contributed by atoms with Crippen molar-refractivity contribution < 1.29 is 27.3 Å². The van der Waals surface area contributed by atoms with Gasteiger partial charge in [-0.15, -0.1) is 0 Å². The summed E-state index contributed by atoms with van der Waals surface area (Å²) in [6.07, 6.45) is 1.35. The summed E-state index contributed by atoms with van der Waals surface area (Å²) in [5, 5.41) is 4.37. The number of carbonyl (C=O) groups excluding carboxylic acids is 2. The molecule has 4 rings (SSSR count). The lowest BCUT2D eigenvalue weighted by Gasteiger charge is -2.26. The topological polar surface area (TPSA) is 120 Å². The van der Waals surface area contributed by atoms with Gasteiger partial charge in [0, 0.05) is 24.7 Å². The van der Waals surface area contributed by atoms with Gasteiger partial charge < -0.3 is 14.2 Å². The summed E-state index contributed by atoms with van der Waals surface area (Å²) >= 11 is 0. The van der Waals surface area contributed by atoms with Gasteiger partial charge in [-0.3, -0.25) is 4.79 Å². The highest BCUT2D eigenvalue weighted by Crippen LogP contribution is 2.40. The van der Waals surface area contributed by atoms with E-state index in [1.807, 2.05) is 0 Å². The van der Waals surface area contributed by atoms with Crippen molar-refractivity contribution in [1.29, 1.82) is 0 Å². The van der Waals surface area contributed by atoms with Crippen LogP contribution in [0.5, 0.6) is 0 Å². The molecule has 156 valence electrons. The third-order valence-corrected chi connectivity index (χ3v) is 7.34. The van der Waals surface area contributed by atoms with Crippen LogP contribution in [0.25, 0.3) is 11.1 Å². The van der Waals surface area contributed by atoms with E-state index in [1.165, 1.54) is 18.9 Å². The summed E-state index contributed by atoms with van der Waals surface area (Å²) in [6.45, 7) is 3.20. The molecule has 1 amide bonds. The molecule has 29 heavy (non-hydrogen) atoms. The van der Waals surface area contributed by atoms with Gasteiger partial charge in [-0.2, -0.15) is 0 Å². The Morgan fingerprint density at radius 2 is 2.03 bits per heavy atom. The van der Waals surface area contributed by atoms with Crippen LogP contribution in [0, 0.1) is 6.92 Å². The van der Waals surface area contributed by atoms with Crippen LogP contribution in [0.3, 0.4) is 0 Å². The van der Waals surface area contributed by atoms with Gasteiger partial charge in [-0.1, -0.05) is 5.16 Å². The molecule has 2 atom stereocenters. The molecule has 1 aliphatic heterocycles. The molecule has 1 aliphatic carbocycles. The summed E-state index contributed by atoms with van der Waals surface area (Å²) in [7, 11) is -1.58. The number of aryl methyl sites for hydroxylation is 1. The third-order valence-electron chi connectivity index (χ3n) is 5.59. The first-order valence-electron chi connectivity index (χ1n) is 9.61. The Kier molecular flexibility index (Phi) is 4.84. The van der Waals surface area contributed by atoms with Gasteiger partial charge >= 0.3 is 5.97 Å². The maximum Gasteiger partial charge on any atom is 0.339 e. The molecular formula is C19H23N3O6S. The normalized spacial score (nSPS) is 21.8. The molecule has 2 aliphatic rings. The Labute approximate surface area is 168 Å². The average Bonchev–Trinajstić information content (AvgIpc) is 3.38. The maximum atomic E-state index is 12.9. The summed E-state index contributed by atoms with van der Waals surface area (Å²) < 4.78 is 34.0. The van der Waals surface area contributed by atoms with E-state index in [0.717, 1.165) is 18.5 Å². The Bertz CT molecular complexity index is 1090. The molecule has 2 aromatic rings. The van der Waals surface area contributed by atoms with Gasteiger partial charge in [0.05, 0.1) is 28.1 Å². The second kappa shape index (κ2) is 7.08. The highest BCUT2D eigenvalue weighted by molar-refractivity contribution is 7.91. The van der Waals surface area contributed by atoms with Crippen molar-refractivity contribution in [1.82, 2.24) is 15.0 Å². The Morgan fingerprint density at radius 1 is 1.31 bits per heavy atom. The average molecular weight is 421 g/mol. The molecule has 1 saturated heterocycles. The van der Waals surface area contributed by atoms with Crippen molar-refractivity contribution in [3.8, 4) is 0 Å². The lowest BCUT2D eigenvalue weighted by molar-refractivity contribution is -0.140. The molecule has 2 aromatic heterocycles. The van der Waals surface area contributed by atoms with Gasteiger partial charge in [-0.25, -0.2) is 18.2 Å². The van der Waals surface area contributed by atoms with Crippen LogP contribution in [0.1, 0.15) is 53.8 Å². The number of ether oxygens (including phenoxy) is 1. The minimum atomic E-state index is -3.12. The first-order chi connectivity index (χ1) is 13.7. The van der Waals surface area contributed by atoms with Gasteiger partial charge in [0.15, 0.2) is 15.9 Å². The first kappa shape index (κ1) is 19.8. The molecule has 2 fully saturated rings. The van der Waals surface area contributed by atoms with Crippen LogP contribution in [-0.4, -0.2) is 66.0 Å². The molecule has 10 heteroatoms. The number of hydrogen-bond acceptors (Lipinski definition) is 8. The van der Waals surface area contributed by atoms with Crippen LogP contribution in [-0.2, 0) is 19.4 Å². The van der Waals surface area contributed by atoms with E-state index in [4.69, 9.17) is 9.26 Å². The summed E-state index contributed by atoms with van der Waals surface area (Å²) in [5.41, 5.74) is 1.84. The second-order valence-corrected chi connectivity index (χ2v) is 10.1. The van der Waals surface area contributed by atoms with E-state index in [-0.39, 0.29) is 22.8 Å². The molecule has 0 radical (unpaired) electrons. The second-order valence-electron chi connectivity index (χ2n) is 7.87. The predicted octanol–water partition coefficient (Wildman–Crippen LogP) is 1.60. The van der Waals surface area contributed by atoms with E-state index in [2.05, 4.69) is 10.1 Å². The number of sulfone groups is 1. The Balaban J connectivity index is 1.53. The van der Waals surface area contributed by atoms with Gasteiger partial charge in [-0.05, 0) is 39.2 Å². The van der Waals surface area contributed by atoms with Crippen molar-refractivity contribution in [3.63, 3.8) is 0 Å². The van der Waals surface area contributed by atoms with E-state index >= 15 is 0 Å². The SMILES string of the molecule is Cc1noc2nc(C3CC3)cc(C(=O)O[C@@H](C)C(=O)N(C)[C@@H]3CCS(=O)(=O)C3)c12. The zero-order valence-electron chi connectivity index (χ0n) is 16.5. The van der Waals surface area contributed by atoms with Crippen LogP contribution < -0.4 is 0 Å². The van der Waals surface area contributed by atoms with E-state index in [0.29, 0.717) is 23.4 Å². The quantitative estimate of drug-likeness (QED) is 0.668. The smallest absolute Gasteiger partial charge is 0.339 e. The number of esters is 1. The monoisotopic (exact) mass is 421 g/mol. The van der Waals surface area contributed by atoms with E-state index in [9.17, 15) is 18.0 Å². The minimum absolute atomic E-state index is 0.0640. The van der Waals surface area contributed by atoms with Crippen molar-refractivity contribution in [2.24, 2.45) is 0 Å². The highest BCUT2D eigenvalue weighted by Gasteiger charge is 2.35. The minimum Gasteiger partial charge on any atom is -0.449 e. The number of aromatic nitrogens is 2. The Hall–Kier alpha value is -2.49. The molecule has 1 saturated carbocycles. The zero-order valence-corrected chi connectivity index (χ0v) is 17.4. The van der Waals surface area contributed by atoms with Crippen molar-refractivity contribution >= 4 is 32.8 Å². The lowest BCUT2D eigenvalue weighted by Crippen LogP contribution is -2.44. The summed E-state index contributed by atoms with van der Waals surface area (Å²) in [4.78, 5) is 31.4. The molecular weight excluding hydrogens is 398 g/mol. The molecule has 0 bridgehead atoms. The van der Waals surface area contributed by atoms with Crippen molar-refractivity contribution in [3.05, 3.63) is 23.0 Å². The standard InChI is InChI=1S/C19H23N3O6S/c1-10-16-14(8-15(12-4-5-12)20-17(16)28-21-10)19(24)27-11(2)18(23)22(3)13-6-7-29(25,26)9-13/h8,11-13H,4-7,9H2,1-3H3/t11-,13+/m0/s1. The number of hydrogen-bond donors (Lipinski definition) is 0. The molecule has 3 heterocycles. The molecule has 0 N–H and O–H groups in total. The molecule has 0 unspecified atom stereocenters. The number of pyridine rings is 1. The number of carbonyl (C=O) groups is 2. The van der Waals surface area contributed by atoms with Crippen molar-refractivity contribution in [2.45, 2.75) is 51.2 Å². The number of likely N-dealkylation sites (N-methyl/N-ethyl adjacent to an activating group) is 1. The van der Waals surface area contributed by atoms with Gasteiger partial charge in [0.1, 0.15) is 0 Å². The van der Waals surface area contributed by atoms with Gasteiger partial charge in [0.25, 0.3) is 11.6 Å². The first-order valence-corrected chi connectivity index (χ1v) is 11.4. The lowest BCUT2D eigenvalue weighted by atomic mass is 10.1. The molecule has 9 nitrogen and oxygen atoms in total. The predicted molar refractivity (Wildman–Crippen MR) is 103 cm³/mol. The fourth-order valence-electron chi connectivity index (χ4n) is 3.68.